The molecule has 0 unspecified atom stereocenters. The first-order chi connectivity index (χ1) is 12.7. The first kappa shape index (κ1) is 15.8. The van der Waals surface area contributed by atoms with Crippen LogP contribution in [0.1, 0.15) is 0 Å². The van der Waals surface area contributed by atoms with Crippen molar-refractivity contribution in [2.24, 2.45) is 0 Å². The summed E-state index contributed by atoms with van der Waals surface area (Å²) >= 11 is 0. The molecule has 4 heteroatoms. The van der Waals surface area contributed by atoms with Crippen LogP contribution in [0.15, 0.2) is 85.1 Å². The minimum atomic E-state index is 0.216. The molecule has 0 amide bonds. The summed E-state index contributed by atoms with van der Waals surface area (Å²) in [5.41, 5.74) is 5.19. The second kappa shape index (κ2) is 6.69. The Kier molecular flexibility index (Phi) is 4.07. The third-order valence-electron chi connectivity index (χ3n) is 4.11. The van der Waals surface area contributed by atoms with Crippen molar-refractivity contribution < 1.29 is 10.2 Å². The van der Waals surface area contributed by atoms with Gasteiger partial charge in [-0.3, -0.25) is 4.98 Å². The summed E-state index contributed by atoms with van der Waals surface area (Å²) in [6.45, 7) is 0. The van der Waals surface area contributed by atoms with Crippen LogP contribution >= 0.6 is 0 Å². The van der Waals surface area contributed by atoms with E-state index in [1.165, 1.54) is 0 Å². The van der Waals surface area contributed by atoms with Gasteiger partial charge in [0.05, 0.1) is 17.1 Å². The maximum atomic E-state index is 9.54. The Bertz CT molecular complexity index is 964. The molecule has 2 N–H and O–H groups in total. The number of aromatic hydroxyl groups is 2. The Morgan fingerprint density at radius 3 is 1.54 bits per heavy atom. The van der Waals surface area contributed by atoms with Gasteiger partial charge in [-0.2, -0.15) is 0 Å². The molecule has 2 heterocycles. The number of rotatable bonds is 3. The molecule has 0 aliphatic rings. The summed E-state index contributed by atoms with van der Waals surface area (Å²) in [6, 6.07) is 23.7. The Morgan fingerprint density at radius 1 is 0.538 bits per heavy atom. The van der Waals surface area contributed by atoms with Crippen molar-refractivity contribution in [1.82, 2.24) is 9.97 Å². The fraction of sp³-hybridized carbons (Fsp3) is 0. The molecule has 0 saturated carbocycles. The molecule has 4 aromatic rings. The van der Waals surface area contributed by atoms with E-state index in [9.17, 15) is 10.2 Å². The molecule has 2 aromatic carbocycles. The van der Waals surface area contributed by atoms with Gasteiger partial charge in [-0.05, 0) is 72.8 Å². The number of phenolic OH excluding ortho intramolecular Hbond substituents is 2. The largest absolute Gasteiger partial charge is 0.508 e. The lowest BCUT2D eigenvalue weighted by Gasteiger charge is -2.10. The summed E-state index contributed by atoms with van der Waals surface area (Å²) in [4.78, 5) is 9.21. The Balaban J connectivity index is 1.89. The Morgan fingerprint density at radius 2 is 1.08 bits per heavy atom. The molecule has 0 aliphatic carbocycles. The summed E-state index contributed by atoms with van der Waals surface area (Å²) in [6.07, 6.45) is 1.76. The second-order valence-corrected chi connectivity index (χ2v) is 5.94. The highest BCUT2D eigenvalue weighted by Gasteiger charge is 2.09. The van der Waals surface area contributed by atoms with Crippen molar-refractivity contribution in [3.8, 4) is 45.3 Å². The first-order valence-corrected chi connectivity index (χ1v) is 8.21. The molecular weight excluding hydrogens is 324 g/mol. The lowest BCUT2D eigenvalue weighted by atomic mass is 10.0. The van der Waals surface area contributed by atoms with Gasteiger partial charge >= 0.3 is 0 Å². The van der Waals surface area contributed by atoms with Crippen LogP contribution in [0.2, 0.25) is 0 Å². The van der Waals surface area contributed by atoms with Crippen molar-refractivity contribution in [3.05, 3.63) is 85.1 Å². The number of aromatic nitrogens is 2. The highest BCUT2D eigenvalue weighted by Crippen LogP contribution is 2.30. The number of hydrogen-bond acceptors (Lipinski definition) is 4. The predicted octanol–water partition coefficient (Wildman–Crippen LogP) is 4.89. The summed E-state index contributed by atoms with van der Waals surface area (Å²) in [5.74, 6) is 0.432. The number of hydrogen-bond donors (Lipinski definition) is 2. The molecule has 2 aromatic heterocycles. The molecule has 0 aliphatic heterocycles. The molecule has 26 heavy (non-hydrogen) atoms. The Hall–Kier alpha value is -3.66. The van der Waals surface area contributed by atoms with Gasteiger partial charge in [-0.1, -0.05) is 6.07 Å². The highest BCUT2D eigenvalue weighted by molar-refractivity contribution is 5.75. The third-order valence-corrected chi connectivity index (χ3v) is 4.11. The molecule has 0 saturated heterocycles. The van der Waals surface area contributed by atoms with Gasteiger partial charge in [0.25, 0.3) is 0 Å². The molecule has 4 nitrogen and oxygen atoms in total. The van der Waals surface area contributed by atoms with E-state index in [-0.39, 0.29) is 11.5 Å². The van der Waals surface area contributed by atoms with E-state index in [1.54, 1.807) is 30.5 Å². The van der Waals surface area contributed by atoms with Gasteiger partial charge in [-0.25, -0.2) is 4.98 Å². The standard InChI is InChI=1S/C22H16N2O2/c25-18-8-4-15(5-9-18)21-13-17(20-3-1-2-12-23-20)14-22(24-21)16-6-10-19(26)11-7-16/h1-14,25-26H. The van der Waals surface area contributed by atoms with Crippen molar-refractivity contribution in [2.45, 2.75) is 0 Å². The van der Waals surface area contributed by atoms with E-state index in [1.807, 2.05) is 54.6 Å². The van der Waals surface area contributed by atoms with Crippen molar-refractivity contribution in [1.29, 1.82) is 0 Å². The number of nitrogens with zero attached hydrogens (tertiary/aromatic N) is 2. The molecule has 0 radical (unpaired) electrons. The maximum Gasteiger partial charge on any atom is 0.115 e. The van der Waals surface area contributed by atoms with E-state index in [4.69, 9.17) is 4.98 Å². The normalized spacial score (nSPS) is 10.6. The van der Waals surface area contributed by atoms with Crippen LogP contribution < -0.4 is 0 Å². The Labute approximate surface area is 151 Å². The maximum absolute atomic E-state index is 9.54. The smallest absolute Gasteiger partial charge is 0.115 e. The van der Waals surface area contributed by atoms with Crippen LogP contribution in [-0.2, 0) is 0 Å². The first-order valence-electron chi connectivity index (χ1n) is 8.21. The van der Waals surface area contributed by atoms with Crippen molar-refractivity contribution >= 4 is 0 Å². The van der Waals surface area contributed by atoms with E-state index < -0.39 is 0 Å². The minimum Gasteiger partial charge on any atom is -0.508 e. The van der Waals surface area contributed by atoms with Crippen LogP contribution in [0.4, 0.5) is 0 Å². The van der Waals surface area contributed by atoms with Crippen molar-refractivity contribution in [3.63, 3.8) is 0 Å². The monoisotopic (exact) mass is 340 g/mol. The molecular formula is C22H16N2O2. The van der Waals surface area contributed by atoms with E-state index in [0.717, 1.165) is 33.8 Å². The molecule has 126 valence electrons. The van der Waals surface area contributed by atoms with E-state index in [2.05, 4.69) is 4.98 Å². The van der Waals surface area contributed by atoms with Crippen LogP contribution in [0.3, 0.4) is 0 Å². The molecule has 0 fully saturated rings. The van der Waals surface area contributed by atoms with Gasteiger partial charge in [0.2, 0.25) is 0 Å². The number of phenols is 2. The van der Waals surface area contributed by atoms with Crippen LogP contribution in [0.5, 0.6) is 11.5 Å². The fourth-order valence-electron chi connectivity index (χ4n) is 2.77. The highest BCUT2D eigenvalue weighted by atomic mass is 16.3. The zero-order valence-corrected chi connectivity index (χ0v) is 13.9. The van der Waals surface area contributed by atoms with Gasteiger partial charge in [0, 0.05) is 22.9 Å². The third kappa shape index (κ3) is 3.26. The van der Waals surface area contributed by atoms with Crippen molar-refractivity contribution in [2.75, 3.05) is 0 Å². The molecule has 4 rings (SSSR count). The molecule has 0 spiro atoms. The lowest BCUT2D eigenvalue weighted by molar-refractivity contribution is 0.475. The van der Waals surface area contributed by atoms with Gasteiger partial charge in [0.15, 0.2) is 0 Å². The topological polar surface area (TPSA) is 66.2 Å². The van der Waals surface area contributed by atoms with Gasteiger partial charge in [0.1, 0.15) is 11.5 Å². The minimum absolute atomic E-state index is 0.216. The predicted molar refractivity (Wildman–Crippen MR) is 102 cm³/mol. The van der Waals surface area contributed by atoms with Crippen LogP contribution in [0.25, 0.3) is 33.8 Å². The summed E-state index contributed by atoms with van der Waals surface area (Å²) < 4.78 is 0. The SMILES string of the molecule is Oc1ccc(-c2cc(-c3ccccn3)cc(-c3ccc(O)cc3)n2)cc1. The number of benzene rings is 2. The molecule has 0 atom stereocenters. The summed E-state index contributed by atoms with van der Waals surface area (Å²) in [7, 11) is 0. The zero-order valence-electron chi connectivity index (χ0n) is 13.9. The lowest BCUT2D eigenvalue weighted by Crippen LogP contribution is -1.92. The number of pyridine rings is 2. The second-order valence-electron chi connectivity index (χ2n) is 5.94. The quantitative estimate of drug-likeness (QED) is 0.557. The fourth-order valence-corrected chi connectivity index (χ4v) is 2.77. The summed E-state index contributed by atoms with van der Waals surface area (Å²) in [5, 5.41) is 19.1. The van der Waals surface area contributed by atoms with E-state index in [0.29, 0.717) is 0 Å². The van der Waals surface area contributed by atoms with E-state index >= 15 is 0 Å². The zero-order chi connectivity index (χ0) is 17.9. The van der Waals surface area contributed by atoms with Gasteiger partial charge < -0.3 is 10.2 Å². The average Bonchev–Trinajstić information content (AvgIpc) is 2.69. The molecule has 0 bridgehead atoms. The average molecular weight is 340 g/mol. The van der Waals surface area contributed by atoms with Crippen LogP contribution in [-0.4, -0.2) is 20.2 Å². The van der Waals surface area contributed by atoms with Crippen LogP contribution in [0, 0.1) is 0 Å². The van der Waals surface area contributed by atoms with Gasteiger partial charge in [-0.15, -0.1) is 0 Å².